The lowest BCUT2D eigenvalue weighted by molar-refractivity contribution is 0.434. The van der Waals surface area contributed by atoms with Crippen molar-refractivity contribution in [1.82, 2.24) is 5.16 Å². The molecule has 3 aromatic rings. The molecule has 2 N–H and O–H groups in total. The summed E-state index contributed by atoms with van der Waals surface area (Å²) in [5.74, 6) is -0.588. The fourth-order valence-electron chi connectivity index (χ4n) is 3.00. The van der Waals surface area contributed by atoms with Crippen LogP contribution >= 0.6 is 0 Å². The SMILES string of the molecule is Cc1cc(C)c(-c2cc(-c3ccc(S(N)(=O)=O)c(F)c3)on2)c(C)c1. The molecule has 0 saturated heterocycles. The van der Waals surface area contributed by atoms with E-state index in [2.05, 4.69) is 17.3 Å². The van der Waals surface area contributed by atoms with Gasteiger partial charge in [0.25, 0.3) is 0 Å². The summed E-state index contributed by atoms with van der Waals surface area (Å²) in [6, 6.07) is 9.43. The zero-order chi connectivity index (χ0) is 18.4. The molecule has 0 bridgehead atoms. The van der Waals surface area contributed by atoms with Gasteiger partial charge < -0.3 is 4.52 Å². The van der Waals surface area contributed by atoms with Gasteiger partial charge in [-0.05, 0) is 50.1 Å². The summed E-state index contributed by atoms with van der Waals surface area (Å²) in [4.78, 5) is -0.554. The molecule has 1 heterocycles. The maximum absolute atomic E-state index is 14.0. The second kappa shape index (κ2) is 6.09. The van der Waals surface area contributed by atoms with Gasteiger partial charge in [0.15, 0.2) is 5.76 Å². The highest BCUT2D eigenvalue weighted by molar-refractivity contribution is 7.89. The summed E-state index contributed by atoms with van der Waals surface area (Å²) in [6.45, 7) is 6.00. The Balaban J connectivity index is 2.05. The molecule has 0 saturated carbocycles. The lowest BCUT2D eigenvalue weighted by Gasteiger charge is -2.07. The number of rotatable bonds is 3. The largest absolute Gasteiger partial charge is 0.356 e. The van der Waals surface area contributed by atoms with Crippen molar-refractivity contribution in [2.75, 3.05) is 0 Å². The van der Waals surface area contributed by atoms with Crippen molar-refractivity contribution in [3.63, 3.8) is 0 Å². The van der Waals surface area contributed by atoms with E-state index in [1.807, 2.05) is 20.8 Å². The molecular weight excluding hydrogens is 343 g/mol. The molecule has 2 aromatic carbocycles. The van der Waals surface area contributed by atoms with Crippen LogP contribution in [0.15, 0.2) is 45.8 Å². The molecule has 0 unspecified atom stereocenters. The molecule has 1 aromatic heterocycles. The average Bonchev–Trinajstić information content (AvgIpc) is 2.94. The summed E-state index contributed by atoms with van der Waals surface area (Å²) in [6.07, 6.45) is 0. The third-order valence-corrected chi connectivity index (χ3v) is 4.91. The summed E-state index contributed by atoms with van der Waals surface area (Å²) >= 11 is 0. The zero-order valence-corrected chi connectivity index (χ0v) is 14.8. The second-order valence-corrected chi connectivity index (χ2v) is 7.57. The maximum atomic E-state index is 14.0. The van der Waals surface area contributed by atoms with Gasteiger partial charge in [-0.15, -0.1) is 0 Å². The lowest BCUT2D eigenvalue weighted by Crippen LogP contribution is -2.13. The van der Waals surface area contributed by atoms with Gasteiger partial charge in [0.05, 0.1) is 0 Å². The van der Waals surface area contributed by atoms with E-state index >= 15 is 0 Å². The molecule has 5 nitrogen and oxygen atoms in total. The van der Waals surface area contributed by atoms with Crippen LogP contribution in [0, 0.1) is 26.6 Å². The fraction of sp³-hybridized carbons (Fsp3) is 0.167. The fourth-order valence-corrected chi connectivity index (χ4v) is 3.59. The van der Waals surface area contributed by atoms with E-state index in [4.69, 9.17) is 9.66 Å². The number of benzene rings is 2. The quantitative estimate of drug-likeness (QED) is 0.771. The molecule has 0 aliphatic carbocycles. The van der Waals surface area contributed by atoms with Crippen LogP contribution in [-0.4, -0.2) is 13.6 Å². The van der Waals surface area contributed by atoms with Crippen LogP contribution in [0.4, 0.5) is 4.39 Å². The molecule has 3 rings (SSSR count). The van der Waals surface area contributed by atoms with Gasteiger partial charge in [-0.3, -0.25) is 0 Å². The number of nitrogens with two attached hydrogens (primary N) is 1. The standard InChI is InChI=1S/C18H17FN2O3S/c1-10-6-11(2)18(12(3)7-10)15-9-16(24-21-15)13-4-5-17(14(19)8-13)25(20,22)23/h4-9H,1-3H3,(H2,20,22,23). The molecule has 0 atom stereocenters. The minimum absolute atomic E-state index is 0.342. The first-order chi connectivity index (χ1) is 11.7. The topological polar surface area (TPSA) is 86.2 Å². The molecule has 25 heavy (non-hydrogen) atoms. The van der Waals surface area contributed by atoms with E-state index in [0.29, 0.717) is 17.0 Å². The Morgan fingerprint density at radius 3 is 2.24 bits per heavy atom. The molecule has 0 radical (unpaired) electrons. The highest BCUT2D eigenvalue weighted by Crippen LogP contribution is 2.31. The lowest BCUT2D eigenvalue weighted by atomic mass is 9.97. The Labute approximate surface area is 145 Å². The molecule has 130 valence electrons. The number of aromatic nitrogens is 1. The predicted octanol–water partition coefficient (Wildman–Crippen LogP) is 3.72. The number of hydrogen-bond acceptors (Lipinski definition) is 4. The van der Waals surface area contributed by atoms with Crippen LogP contribution in [0.5, 0.6) is 0 Å². The van der Waals surface area contributed by atoms with Crippen LogP contribution in [0.25, 0.3) is 22.6 Å². The molecule has 0 fully saturated rings. The van der Waals surface area contributed by atoms with Crippen LogP contribution in [-0.2, 0) is 10.0 Å². The normalized spacial score (nSPS) is 11.7. The molecule has 7 heteroatoms. The average molecular weight is 360 g/mol. The summed E-state index contributed by atoms with van der Waals surface area (Å²) in [5, 5.41) is 9.04. The van der Waals surface area contributed by atoms with Gasteiger partial charge in [0, 0.05) is 17.2 Å². The summed E-state index contributed by atoms with van der Waals surface area (Å²) in [5.41, 5.74) is 5.26. The van der Waals surface area contributed by atoms with Crippen molar-refractivity contribution in [3.05, 3.63) is 58.9 Å². The Morgan fingerprint density at radius 2 is 1.68 bits per heavy atom. The van der Waals surface area contributed by atoms with Gasteiger partial charge in [-0.1, -0.05) is 22.9 Å². The van der Waals surface area contributed by atoms with Crippen LogP contribution in [0.2, 0.25) is 0 Å². The zero-order valence-electron chi connectivity index (χ0n) is 14.0. The van der Waals surface area contributed by atoms with E-state index in [0.717, 1.165) is 34.4 Å². The number of hydrogen-bond donors (Lipinski definition) is 1. The summed E-state index contributed by atoms with van der Waals surface area (Å²) in [7, 11) is -4.11. The van der Waals surface area contributed by atoms with E-state index < -0.39 is 20.7 Å². The minimum Gasteiger partial charge on any atom is -0.356 e. The molecule has 0 aliphatic heterocycles. The third kappa shape index (κ3) is 3.33. The number of halogens is 1. The molecule has 0 spiro atoms. The molecule has 0 amide bonds. The third-order valence-electron chi connectivity index (χ3n) is 3.97. The van der Waals surface area contributed by atoms with Gasteiger partial charge in [-0.25, -0.2) is 17.9 Å². The Bertz CT molecular complexity index is 1050. The summed E-state index contributed by atoms with van der Waals surface area (Å²) < 4.78 is 41.9. The number of primary sulfonamides is 1. The van der Waals surface area contributed by atoms with Crippen molar-refractivity contribution < 1.29 is 17.3 Å². The number of aryl methyl sites for hydroxylation is 3. The first kappa shape index (κ1) is 17.3. The number of nitrogens with zero attached hydrogens (tertiary/aromatic N) is 1. The first-order valence-electron chi connectivity index (χ1n) is 7.54. The highest BCUT2D eigenvalue weighted by Gasteiger charge is 2.18. The van der Waals surface area contributed by atoms with Crippen LogP contribution < -0.4 is 5.14 Å². The minimum atomic E-state index is -4.11. The van der Waals surface area contributed by atoms with Crippen molar-refractivity contribution in [3.8, 4) is 22.6 Å². The van der Waals surface area contributed by atoms with E-state index in [9.17, 15) is 12.8 Å². The Hall–Kier alpha value is -2.51. The van der Waals surface area contributed by atoms with Crippen molar-refractivity contribution >= 4 is 10.0 Å². The van der Waals surface area contributed by atoms with E-state index in [1.54, 1.807) is 6.07 Å². The monoisotopic (exact) mass is 360 g/mol. The van der Waals surface area contributed by atoms with Gasteiger partial charge >= 0.3 is 0 Å². The second-order valence-electron chi connectivity index (χ2n) is 6.04. The smallest absolute Gasteiger partial charge is 0.240 e. The molecule has 0 aliphatic rings. The van der Waals surface area contributed by atoms with E-state index in [-0.39, 0.29) is 0 Å². The highest BCUT2D eigenvalue weighted by atomic mass is 32.2. The van der Waals surface area contributed by atoms with Gasteiger partial charge in [0.1, 0.15) is 16.4 Å². The van der Waals surface area contributed by atoms with Crippen molar-refractivity contribution in [1.29, 1.82) is 0 Å². The van der Waals surface area contributed by atoms with Gasteiger partial charge in [0.2, 0.25) is 10.0 Å². The Morgan fingerprint density at radius 1 is 1.04 bits per heavy atom. The Kier molecular flexibility index (Phi) is 4.22. The first-order valence-corrected chi connectivity index (χ1v) is 9.09. The predicted molar refractivity (Wildman–Crippen MR) is 92.9 cm³/mol. The van der Waals surface area contributed by atoms with Crippen molar-refractivity contribution in [2.24, 2.45) is 5.14 Å². The molecular formula is C18H17FN2O3S. The van der Waals surface area contributed by atoms with E-state index in [1.165, 1.54) is 6.07 Å². The maximum Gasteiger partial charge on any atom is 0.240 e. The van der Waals surface area contributed by atoms with Crippen molar-refractivity contribution in [2.45, 2.75) is 25.7 Å². The van der Waals surface area contributed by atoms with Crippen LogP contribution in [0.1, 0.15) is 16.7 Å². The van der Waals surface area contributed by atoms with Gasteiger partial charge in [-0.2, -0.15) is 0 Å². The van der Waals surface area contributed by atoms with Crippen LogP contribution in [0.3, 0.4) is 0 Å². The number of sulfonamides is 1.